The molecule has 1 aliphatic heterocycles. The predicted octanol–water partition coefficient (Wildman–Crippen LogP) is 3.00. The van der Waals surface area contributed by atoms with Gasteiger partial charge in [-0.05, 0) is 32.9 Å². The van der Waals surface area contributed by atoms with Gasteiger partial charge in [0.15, 0.2) is 5.96 Å². The Hall–Kier alpha value is -0.770. The zero-order valence-corrected chi connectivity index (χ0v) is 19.5. The summed E-state index contributed by atoms with van der Waals surface area (Å²) in [5, 5.41) is 7.26. The predicted molar refractivity (Wildman–Crippen MR) is 123 cm³/mol. The number of halogens is 2. The van der Waals surface area contributed by atoms with Crippen LogP contribution in [-0.2, 0) is 4.74 Å². The average Bonchev–Trinajstić information content (AvgIpc) is 2.66. The van der Waals surface area contributed by atoms with E-state index in [2.05, 4.69) is 29.4 Å². The molecular weight excluding hydrogens is 479 g/mol. The number of benzene rings is 1. The lowest BCUT2D eigenvalue weighted by molar-refractivity contribution is 0.0220. The van der Waals surface area contributed by atoms with Crippen molar-refractivity contribution in [1.82, 2.24) is 15.5 Å². The molecule has 6 nitrogen and oxygen atoms in total. The summed E-state index contributed by atoms with van der Waals surface area (Å²) in [6.07, 6.45) is -0.0320. The molecule has 2 rings (SSSR count). The third kappa shape index (κ3) is 8.85. The van der Waals surface area contributed by atoms with E-state index in [1.165, 1.54) is 0 Å². The number of hydrogen-bond donors (Lipinski definition) is 2. The van der Waals surface area contributed by atoms with E-state index < -0.39 is 0 Å². The molecule has 154 valence electrons. The summed E-state index contributed by atoms with van der Waals surface area (Å²) in [5.41, 5.74) is 0. The number of nitrogens with one attached hydrogen (secondary N) is 2. The van der Waals surface area contributed by atoms with E-state index in [9.17, 15) is 0 Å². The first-order valence-electron chi connectivity index (χ1n) is 9.35. The molecule has 1 aromatic carbocycles. The molecule has 27 heavy (non-hydrogen) atoms. The number of guanidine groups is 1. The number of ether oxygens (including phenoxy) is 2. The van der Waals surface area contributed by atoms with Crippen LogP contribution in [0.5, 0.6) is 5.75 Å². The third-order valence-corrected chi connectivity index (χ3v) is 4.56. The van der Waals surface area contributed by atoms with Crippen molar-refractivity contribution >= 4 is 41.5 Å². The quantitative estimate of drug-likeness (QED) is 0.320. The van der Waals surface area contributed by atoms with Gasteiger partial charge < -0.3 is 20.1 Å². The average molecular weight is 511 g/mol. The summed E-state index contributed by atoms with van der Waals surface area (Å²) < 4.78 is 11.3. The van der Waals surface area contributed by atoms with Gasteiger partial charge in [-0.15, -0.1) is 24.0 Å². The fourth-order valence-corrected chi connectivity index (χ4v) is 2.92. The van der Waals surface area contributed by atoms with Gasteiger partial charge in [0, 0.05) is 25.7 Å². The van der Waals surface area contributed by atoms with Crippen LogP contribution in [0, 0.1) is 0 Å². The van der Waals surface area contributed by atoms with Gasteiger partial charge in [-0.2, -0.15) is 0 Å². The maximum absolute atomic E-state index is 6.14. The normalized spacial score (nSPS) is 17.6. The van der Waals surface area contributed by atoms with Crippen LogP contribution in [0.25, 0.3) is 0 Å². The molecule has 0 aliphatic carbocycles. The molecular formula is C19H32ClIN4O2. The van der Waals surface area contributed by atoms with E-state index in [1.807, 2.05) is 31.2 Å². The van der Waals surface area contributed by atoms with E-state index in [0.717, 1.165) is 45.4 Å². The molecule has 0 amide bonds. The van der Waals surface area contributed by atoms with Crippen molar-refractivity contribution in [2.75, 3.05) is 45.9 Å². The zero-order valence-electron chi connectivity index (χ0n) is 16.4. The molecule has 2 N–H and O–H groups in total. The van der Waals surface area contributed by atoms with Gasteiger partial charge in [-0.3, -0.25) is 9.89 Å². The number of morpholine rings is 1. The highest BCUT2D eigenvalue weighted by molar-refractivity contribution is 14.0. The minimum Gasteiger partial charge on any atom is -0.487 e. The molecule has 0 radical (unpaired) electrons. The Morgan fingerprint density at radius 3 is 2.63 bits per heavy atom. The summed E-state index contributed by atoms with van der Waals surface area (Å²) in [7, 11) is 0. The molecule has 1 saturated heterocycles. The van der Waals surface area contributed by atoms with E-state index in [-0.39, 0.29) is 30.1 Å². The van der Waals surface area contributed by atoms with Crippen LogP contribution in [0.1, 0.15) is 20.8 Å². The second-order valence-corrected chi connectivity index (χ2v) is 6.86. The Kier molecular flexibility index (Phi) is 12.1. The van der Waals surface area contributed by atoms with Gasteiger partial charge >= 0.3 is 0 Å². The fraction of sp³-hybridized carbons (Fsp3) is 0.632. The lowest BCUT2D eigenvalue weighted by atomic mass is 10.2. The molecule has 0 aromatic heterocycles. The van der Waals surface area contributed by atoms with Crippen molar-refractivity contribution in [3.8, 4) is 5.75 Å². The van der Waals surface area contributed by atoms with Crippen LogP contribution in [0.2, 0.25) is 5.02 Å². The highest BCUT2D eigenvalue weighted by atomic mass is 127. The number of rotatable bonds is 8. The number of aliphatic imine (C=N–C) groups is 1. The fourth-order valence-electron chi connectivity index (χ4n) is 2.74. The molecule has 1 aliphatic rings. The van der Waals surface area contributed by atoms with E-state index in [4.69, 9.17) is 26.1 Å². The van der Waals surface area contributed by atoms with Gasteiger partial charge in [-0.25, -0.2) is 0 Å². The molecule has 8 heteroatoms. The summed E-state index contributed by atoms with van der Waals surface area (Å²) in [6, 6.07) is 7.91. The summed E-state index contributed by atoms with van der Waals surface area (Å²) in [5.74, 6) is 1.51. The van der Waals surface area contributed by atoms with E-state index in [0.29, 0.717) is 23.4 Å². The Morgan fingerprint density at radius 1 is 1.26 bits per heavy atom. The molecule has 1 heterocycles. The van der Waals surface area contributed by atoms with Crippen molar-refractivity contribution in [2.45, 2.75) is 32.9 Å². The van der Waals surface area contributed by atoms with Crippen LogP contribution in [0.15, 0.2) is 29.3 Å². The molecule has 1 aromatic rings. The molecule has 0 saturated carbocycles. The second-order valence-electron chi connectivity index (χ2n) is 6.46. The van der Waals surface area contributed by atoms with Crippen LogP contribution >= 0.6 is 35.6 Å². The van der Waals surface area contributed by atoms with Gasteiger partial charge in [0.25, 0.3) is 0 Å². The monoisotopic (exact) mass is 510 g/mol. The van der Waals surface area contributed by atoms with Crippen molar-refractivity contribution < 1.29 is 9.47 Å². The maximum Gasteiger partial charge on any atom is 0.191 e. The van der Waals surface area contributed by atoms with Crippen LogP contribution in [-0.4, -0.2) is 68.9 Å². The molecule has 0 spiro atoms. The molecule has 2 atom stereocenters. The Bertz CT molecular complexity index is 570. The minimum atomic E-state index is -0.0320. The van der Waals surface area contributed by atoms with Crippen LogP contribution in [0.3, 0.4) is 0 Å². The third-order valence-electron chi connectivity index (χ3n) is 4.25. The standard InChI is InChI=1S/C19H31ClN4O2.HI/c1-4-21-19(22-13-15(2)24-9-11-25-12-10-24)23-14-16(3)26-18-8-6-5-7-17(18)20;/h5-8,15-16H,4,9-14H2,1-3H3,(H2,21,22,23);1H. The van der Waals surface area contributed by atoms with Gasteiger partial charge in [0.05, 0.1) is 31.3 Å². The lowest BCUT2D eigenvalue weighted by Gasteiger charge is -2.31. The molecule has 0 bridgehead atoms. The van der Waals surface area contributed by atoms with E-state index >= 15 is 0 Å². The van der Waals surface area contributed by atoms with Crippen molar-refractivity contribution in [3.63, 3.8) is 0 Å². The first kappa shape index (κ1) is 24.3. The number of hydrogen-bond acceptors (Lipinski definition) is 4. The van der Waals surface area contributed by atoms with Gasteiger partial charge in [0.2, 0.25) is 0 Å². The van der Waals surface area contributed by atoms with Crippen molar-refractivity contribution in [1.29, 1.82) is 0 Å². The van der Waals surface area contributed by atoms with E-state index in [1.54, 1.807) is 0 Å². The Balaban J connectivity index is 0.00000364. The smallest absolute Gasteiger partial charge is 0.191 e. The van der Waals surface area contributed by atoms with Crippen LogP contribution < -0.4 is 15.4 Å². The first-order chi connectivity index (χ1) is 12.6. The lowest BCUT2D eigenvalue weighted by Crippen LogP contribution is -2.45. The Labute approximate surface area is 185 Å². The van der Waals surface area contributed by atoms with Crippen molar-refractivity contribution in [3.05, 3.63) is 29.3 Å². The zero-order chi connectivity index (χ0) is 18.8. The van der Waals surface area contributed by atoms with Crippen molar-refractivity contribution in [2.24, 2.45) is 4.99 Å². The van der Waals surface area contributed by atoms with Crippen LogP contribution in [0.4, 0.5) is 0 Å². The second kappa shape index (κ2) is 13.4. The highest BCUT2D eigenvalue weighted by Crippen LogP contribution is 2.23. The van der Waals surface area contributed by atoms with Gasteiger partial charge in [-0.1, -0.05) is 23.7 Å². The number of para-hydroxylation sites is 1. The summed E-state index contributed by atoms with van der Waals surface area (Å²) in [6.45, 7) is 12.1. The number of nitrogens with zero attached hydrogens (tertiary/aromatic N) is 2. The summed E-state index contributed by atoms with van der Waals surface area (Å²) in [4.78, 5) is 7.13. The van der Waals surface area contributed by atoms with Gasteiger partial charge in [0.1, 0.15) is 11.9 Å². The highest BCUT2D eigenvalue weighted by Gasteiger charge is 2.16. The largest absolute Gasteiger partial charge is 0.487 e. The SMILES string of the molecule is CCNC(=NCC(C)N1CCOCC1)NCC(C)Oc1ccccc1Cl.I. The topological polar surface area (TPSA) is 58.1 Å². The molecule has 2 unspecified atom stereocenters. The minimum absolute atomic E-state index is 0. The Morgan fingerprint density at radius 2 is 1.96 bits per heavy atom. The summed E-state index contributed by atoms with van der Waals surface area (Å²) >= 11 is 6.14. The first-order valence-corrected chi connectivity index (χ1v) is 9.73. The molecule has 1 fully saturated rings. The maximum atomic E-state index is 6.14.